The zero-order valence-electron chi connectivity index (χ0n) is 14.4. The highest BCUT2D eigenvalue weighted by atomic mass is 16.6. The molecule has 1 saturated heterocycles. The Morgan fingerprint density at radius 2 is 2.16 bits per heavy atom. The summed E-state index contributed by atoms with van der Waals surface area (Å²) in [5.41, 5.74) is 0.564. The van der Waals surface area contributed by atoms with E-state index in [2.05, 4.69) is 0 Å². The number of esters is 1. The second kappa shape index (κ2) is 8.46. The van der Waals surface area contributed by atoms with E-state index < -0.39 is 4.92 Å². The Morgan fingerprint density at radius 1 is 1.40 bits per heavy atom. The summed E-state index contributed by atoms with van der Waals surface area (Å²) >= 11 is 0. The predicted octanol–water partition coefficient (Wildman–Crippen LogP) is 2.08. The van der Waals surface area contributed by atoms with Crippen molar-refractivity contribution in [3.05, 3.63) is 33.9 Å². The van der Waals surface area contributed by atoms with E-state index in [4.69, 9.17) is 9.47 Å². The fourth-order valence-corrected chi connectivity index (χ4v) is 2.78. The van der Waals surface area contributed by atoms with Crippen molar-refractivity contribution in [3.63, 3.8) is 0 Å². The molecule has 1 fully saturated rings. The van der Waals surface area contributed by atoms with Crippen LogP contribution in [0.2, 0.25) is 0 Å². The number of piperidine rings is 1. The molecule has 2 rings (SSSR count). The Kier molecular flexibility index (Phi) is 6.32. The zero-order valence-corrected chi connectivity index (χ0v) is 14.4. The average molecular weight is 350 g/mol. The number of hydrogen-bond acceptors (Lipinski definition) is 6. The molecule has 0 N–H and O–H groups in total. The van der Waals surface area contributed by atoms with Gasteiger partial charge in [-0.3, -0.25) is 19.7 Å². The number of hydrogen-bond donors (Lipinski definition) is 0. The summed E-state index contributed by atoms with van der Waals surface area (Å²) in [5, 5.41) is 11.1. The summed E-state index contributed by atoms with van der Waals surface area (Å²) in [5.74, 6) is -0.867. The summed E-state index contributed by atoms with van der Waals surface area (Å²) in [6, 6.07) is 4.57. The first-order chi connectivity index (χ1) is 11.9. The van der Waals surface area contributed by atoms with Gasteiger partial charge in [-0.25, -0.2) is 0 Å². The van der Waals surface area contributed by atoms with Gasteiger partial charge in [0.25, 0.3) is 5.91 Å². The number of ether oxygens (including phenoxy) is 2. The van der Waals surface area contributed by atoms with Crippen LogP contribution in [0.1, 0.15) is 25.3 Å². The van der Waals surface area contributed by atoms with Gasteiger partial charge in [-0.2, -0.15) is 0 Å². The summed E-state index contributed by atoms with van der Waals surface area (Å²) < 4.78 is 10.4. The number of aryl methyl sites for hydroxylation is 1. The van der Waals surface area contributed by atoms with Gasteiger partial charge in [0.1, 0.15) is 0 Å². The van der Waals surface area contributed by atoms with Crippen molar-refractivity contribution < 1.29 is 24.0 Å². The second-order valence-corrected chi connectivity index (χ2v) is 5.95. The van der Waals surface area contributed by atoms with Gasteiger partial charge in [-0.1, -0.05) is 6.07 Å². The molecule has 0 aliphatic carbocycles. The topological polar surface area (TPSA) is 99.0 Å². The molecule has 1 amide bonds. The van der Waals surface area contributed by atoms with Crippen LogP contribution in [0, 0.1) is 23.0 Å². The van der Waals surface area contributed by atoms with Gasteiger partial charge in [0.05, 0.1) is 17.4 Å². The van der Waals surface area contributed by atoms with Gasteiger partial charge >= 0.3 is 11.7 Å². The summed E-state index contributed by atoms with van der Waals surface area (Å²) in [6.07, 6.45) is 1.40. The first-order valence-electron chi connectivity index (χ1n) is 8.24. The van der Waals surface area contributed by atoms with E-state index in [0.717, 1.165) is 5.56 Å². The van der Waals surface area contributed by atoms with E-state index >= 15 is 0 Å². The average Bonchev–Trinajstić information content (AvgIpc) is 2.60. The molecule has 1 atom stereocenters. The maximum Gasteiger partial charge on any atom is 0.311 e. The lowest BCUT2D eigenvalue weighted by Crippen LogP contribution is -2.44. The number of likely N-dealkylation sites (tertiary alicyclic amines) is 1. The smallest absolute Gasteiger partial charge is 0.311 e. The number of rotatable bonds is 6. The van der Waals surface area contributed by atoms with Crippen molar-refractivity contribution in [2.45, 2.75) is 26.7 Å². The molecule has 0 bridgehead atoms. The van der Waals surface area contributed by atoms with E-state index in [0.29, 0.717) is 26.0 Å². The number of nitrogens with zero attached hydrogens (tertiary/aromatic N) is 2. The molecular weight excluding hydrogens is 328 g/mol. The maximum absolute atomic E-state index is 12.3. The molecule has 0 unspecified atom stereocenters. The molecule has 136 valence electrons. The van der Waals surface area contributed by atoms with Gasteiger partial charge in [0.2, 0.25) is 0 Å². The lowest BCUT2D eigenvalue weighted by molar-refractivity contribution is -0.385. The van der Waals surface area contributed by atoms with E-state index in [1.165, 1.54) is 12.1 Å². The van der Waals surface area contributed by atoms with Crippen LogP contribution in [0.25, 0.3) is 0 Å². The van der Waals surface area contributed by atoms with Crippen molar-refractivity contribution in [2.75, 3.05) is 26.3 Å². The summed E-state index contributed by atoms with van der Waals surface area (Å²) in [7, 11) is 0. The number of nitro groups is 1. The number of carbonyl (C=O) groups is 2. The van der Waals surface area contributed by atoms with Crippen LogP contribution < -0.4 is 4.74 Å². The van der Waals surface area contributed by atoms with Gasteiger partial charge in [0.15, 0.2) is 12.4 Å². The highest BCUT2D eigenvalue weighted by molar-refractivity contribution is 5.79. The number of carbonyl (C=O) groups excluding carboxylic acids is 2. The Bertz CT molecular complexity index is 661. The van der Waals surface area contributed by atoms with Gasteiger partial charge in [-0.15, -0.1) is 0 Å². The fraction of sp³-hybridized carbons (Fsp3) is 0.529. The van der Waals surface area contributed by atoms with Crippen LogP contribution in [0.5, 0.6) is 5.75 Å². The van der Waals surface area contributed by atoms with E-state index in [1.807, 2.05) is 0 Å². The first kappa shape index (κ1) is 18.7. The third-order valence-corrected chi connectivity index (χ3v) is 4.06. The van der Waals surface area contributed by atoms with E-state index in [9.17, 15) is 19.7 Å². The van der Waals surface area contributed by atoms with Crippen LogP contribution in [-0.2, 0) is 14.3 Å². The van der Waals surface area contributed by atoms with Crippen molar-refractivity contribution in [2.24, 2.45) is 5.92 Å². The molecule has 1 aliphatic heterocycles. The van der Waals surface area contributed by atoms with E-state index in [-0.39, 0.29) is 42.4 Å². The van der Waals surface area contributed by atoms with Crippen LogP contribution in [-0.4, -0.2) is 48.0 Å². The molecule has 0 aromatic heterocycles. The van der Waals surface area contributed by atoms with Crippen molar-refractivity contribution in [1.29, 1.82) is 0 Å². The normalized spacial score (nSPS) is 17.0. The molecule has 1 aromatic carbocycles. The second-order valence-electron chi connectivity index (χ2n) is 5.95. The highest BCUT2D eigenvalue weighted by Crippen LogP contribution is 2.28. The van der Waals surface area contributed by atoms with Crippen LogP contribution in [0.15, 0.2) is 18.2 Å². The predicted molar refractivity (Wildman–Crippen MR) is 89.3 cm³/mol. The molecule has 0 spiro atoms. The summed E-state index contributed by atoms with van der Waals surface area (Å²) in [4.78, 5) is 36.2. The SMILES string of the molecule is CCOC(=O)[C@H]1CCCN(C(=O)COc2ccc(C)cc2[N+](=O)[O-])C1. The lowest BCUT2D eigenvalue weighted by Gasteiger charge is -2.31. The lowest BCUT2D eigenvalue weighted by atomic mass is 9.98. The molecule has 0 saturated carbocycles. The quantitative estimate of drug-likeness (QED) is 0.442. The van der Waals surface area contributed by atoms with Gasteiger partial charge in [0, 0.05) is 19.2 Å². The van der Waals surface area contributed by atoms with Crippen molar-refractivity contribution >= 4 is 17.6 Å². The summed E-state index contributed by atoms with van der Waals surface area (Å²) in [6.45, 7) is 4.31. The van der Waals surface area contributed by atoms with Gasteiger partial charge < -0.3 is 14.4 Å². The molecule has 25 heavy (non-hydrogen) atoms. The monoisotopic (exact) mass is 350 g/mol. The van der Waals surface area contributed by atoms with Crippen LogP contribution >= 0.6 is 0 Å². The fourth-order valence-electron chi connectivity index (χ4n) is 2.78. The molecule has 1 heterocycles. The third kappa shape index (κ3) is 4.91. The standard InChI is InChI=1S/C17H22N2O6/c1-3-24-17(21)13-5-4-8-18(10-13)16(20)11-25-15-7-6-12(2)9-14(15)19(22)23/h6-7,9,13H,3-5,8,10-11H2,1-2H3/t13-/m0/s1. The minimum atomic E-state index is -0.537. The van der Waals surface area contributed by atoms with Crippen LogP contribution in [0.3, 0.4) is 0 Å². The maximum atomic E-state index is 12.3. The third-order valence-electron chi connectivity index (χ3n) is 4.06. The highest BCUT2D eigenvalue weighted by Gasteiger charge is 2.29. The number of amides is 1. The van der Waals surface area contributed by atoms with Crippen LogP contribution in [0.4, 0.5) is 5.69 Å². The largest absolute Gasteiger partial charge is 0.477 e. The molecule has 1 aliphatic rings. The molecular formula is C17H22N2O6. The molecule has 1 aromatic rings. The Labute approximate surface area is 145 Å². The van der Waals surface area contributed by atoms with Gasteiger partial charge in [-0.05, 0) is 38.3 Å². The first-order valence-corrected chi connectivity index (χ1v) is 8.24. The Morgan fingerprint density at radius 3 is 2.84 bits per heavy atom. The minimum absolute atomic E-state index is 0.0582. The van der Waals surface area contributed by atoms with E-state index in [1.54, 1.807) is 24.8 Å². The molecule has 8 nitrogen and oxygen atoms in total. The number of benzene rings is 1. The molecule has 0 radical (unpaired) electrons. The molecule has 8 heteroatoms. The van der Waals surface area contributed by atoms with Crippen molar-refractivity contribution in [1.82, 2.24) is 4.90 Å². The zero-order chi connectivity index (χ0) is 18.4. The Hall–Kier alpha value is -2.64. The minimum Gasteiger partial charge on any atom is -0.477 e. The van der Waals surface area contributed by atoms with Crippen molar-refractivity contribution in [3.8, 4) is 5.75 Å². The Balaban J connectivity index is 1.96. The number of nitro benzene ring substituents is 1.